The van der Waals surface area contributed by atoms with Crippen molar-refractivity contribution in [3.63, 3.8) is 0 Å². The number of rotatable bonds is 0. The van der Waals surface area contributed by atoms with E-state index in [2.05, 4.69) is 4.98 Å². The Morgan fingerprint density at radius 1 is 0.812 bits per heavy atom. The Morgan fingerprint density at radius 3 is 2.44 bits per heavy atom. The van der Waals surface area contributed by atoms with Gasteiger partial charge in [-0.2, -0.15) is 0 Å². The first-order valence-electron chi connectivity index (χ1n) is 5.09. The molecule has 3 rings (SSSR count). The molecular formula is C13H11N3. The highest BCUT2D eigenvalue weighted by Gasteiger charge is 2.05. The molecule has 0 spiro atoms. The fourth-order valence-electron chi connectivity index (χ4n) is 1.94. The molecule has 78 valence electrons. The summed E-state index contributed by atoms with van der Waals surface area (Å²) in [6.45, 7) is 0. The second-order valence-corrected chi connectivity index (χ2v) is 3.82. The van der Waals surface area contributed by atoms with Crippen LogP contribution in [0.1, 0.15) is 0 Å². The predicted octanol–water partition coefficient (Wildman–Crippen LogP) is 2.55. The highest BCUT2D eigenvalue weighted by atomic mass is 14.7. The fourth-order valence-corrected chi connectivity index (χ4v) is 1.94. The zero-order valence-electron chi connectivity index (χ0n) is 8.64. The van der Waals surface area contributed by atoms with Gasteiger partial charge in [-0.25, -0.2) is 4.98 Å². The van der Waals surface area contributed by atoms with E-state index >= 15 is 0 Å². The maximum Gasteiger partial charge on any atom is 0.0731 e. The summed E-state index contributed by atoms with van der Waals surface area (Å²) in [5.41, 5.74) is 15.1. The van der Waals surface area contributed by atoms with E-state index < -0.39 is 0 Å². The van der Waals surface area contributed by atoms with E-state index in [1.807, 2.05) is 42.5 Å². The zero-order valence-corrected chi connectivity index (χ0v) is 8.64. The molecule has 0 aliphatic carbocycles. The van der Waals surface area contributed by atoms with Gasteiger partial charge in [0.2, 0.25) is 0 Å². The smallest absolute Gasteiger partial charge is 0.0731 e. The SMILES string of the molecule is Nc1ccc2nc3ccccc3c(N)c2c1. The van der Waals surface area contributed by atoms with Crippen LogP contribution in [0.15, 0.2) is 42.5 Å². The van der Waals surface area contributed by atoms with Crippen molar-refractivity contribution in [3.8, 4) is 0 Å². The van der Waals surface area contributed by atoms with Gasteiger partial charge in [-0.05, 0) is 24.3 Å². The highest BCUT2D eigenvalue weighted by Crippen LogP contribution is 2.28. The van der Waals surface area contributed by atoms with Crippen molar-refractivity contribution in [2.45, 2.75) is 0 Å². The van der Waals surface area contributed by atoms with Gasteiger partial charge in [0.05, 0.1) is 16.7 Å². The van der Waals surface area contributed by atoms with Crippen molar-refractivity contribution in [2.75, 3.05) is 11.5 Å². The summed E-state index contributed by atoms with van der Waals surface area (Å²) < 4.78 is 0. The third-order valence-corrected chi connectivity index (χ3v) is 2.75. The Hall–Kier alpha value is -2.29. The minimum absolute atomic E-state index is 0.705. The molecule has 3 aromatic rings. The molecule has 3 nitrogen and oxygen atoms in total. The van der Waals surface area contributed by atoms with Gasteiger partial charge < -0.3 is 11.5 Å². The molecule has 3 heteroatoms. The second-order valence-electron chi connectivity index (χ2n) is 3.82. The van der Waals surface area contributed by atoms with E-state index in [0.717, 1.165) is 27.5 Å². The average Bonchev–Trinajstić information content (AvgIpc) is 2.31. The lowest BCUT2D eigenvalue weighted by molar-refractivity contribution is 1.50. The van der Waals surface area contributed by atoms with Gasteiger partial charge in [0.15, 0.2) is 0 Å². The molecule has 2 aromatic carbocycles. The molecule has 0 atom stereocenters. The van der Waals surface area contributed by atoms with Crippen LogP contribution in [0.2, 0.25) is 0 Å². The normalized spacial score (nSPS) is 11.0. The molecule has 0 fully saturated rings. The average molecular weight is 209 g/mol. The number of hydrogen-bond donors (Lipinski definition) is 2. The van der Waals surface area contributed by atoms with Crippen molar-refractivity contribution in [3.05, 3.63) is 42.5 Å². The summed E-state index contributed by atoms with van der Waals surface area (Å²) in [6, 6.07) is 13.4. The van der Waals surface area contributed by atoms with Crippen LogP contribution >= 0.6 is 0 Å². The molecule has 16 heavy (non-hydrogen) atoms. The molecule has 0 amide bonds. The van der Waals surface area contributed by atoms with E-state index in [-0.39, 0.29) is 0 Å². The van der Waals surface area contributed by atoms with Gasteiger partial charge in [0.1, 0.15) is 0 Å². The number of benzene rings is 2. The van der Waals surface area contributed by atoms with E-state index in [9.17, 15) is 0 Å². The van der Waals surface area contributed by atoms with Crippen LogP contribution in [0.5, 0.6) is 0 Å². The van der Waals surface area contributed by atoms with E-state index in [1.54, 1.807) is 0 Å². The Balaban J connectivity index is 2.56. The largest absolute Gasteiger partial charge is 0.399 e. The van der Waals surface area contributed by atoms with Crippen LogP contribution in [0.4, 0.5) is 11.4 Å². The molecule has 0 aliphatic rings. The lowest BCUT2D eigenvalue weighted by Gasteiger charge is -2.06. The number of para-hydroxylation sites is 1. The molecular weight excluding hydrogens is 198 g/mol. The maximum atomic E-state index is 6.13. The van der Waals surface area contributed by atoms with Crippen molar-refractivity contribution in [2.24, 2.45) is 0 Å². The van der Waals surface area contributed by atoms with Gasteiger partial charge in [-0.15, -0.1) is 0 Å². The van der Waals surface area contributed by atoms with Crippen molar-refractivity contribution in [1.29, 1.82) is 0 Å². The zero-order chi connectivity index (χ0) is 11.1. The molecule has 1 heterocycles. The number of fused-ring (bicyclic) bond motifs is 2. The third-order valence-electron chi connectivity index (χ3n) is 2.75. The summed E-state index contributed by atoms with van der Waals surface area (Å²) in [5, 5.41) is 1.89. The first-order valence-corrected chi connectivity index (χ1v) is 5.09. The predicted molar refractivity (Wildman–Crippen MR) is 68.1 cm³/mol. The van der Waals surface area contributed by atoms with Gasteiger partial charge in [-0.1, -0.05) is 18.2 Å². The Morgan fingerprint density at radius 2 is 1.56 bits per heavy atom. The molecule has 4 N–H and O–H groups in total. The summed E-state index contributed by atoms with van der Waals surface area (Å²) in [6.07, 6.45) is 0. The lowest BCUT2D eigenvalue weighted by Crippen LogP contribution is -1.93. The number of nitrogen functional groups attached to an aromatic ring is 2. The molecule has 1 aromatic heterocycles. The third kappa shape index (κ3) is 1.18. The fraction of sp³-hybridized carbons (Fsp3) is 0. The number of nitrogens with two attached hydrogens (primary N) is 2. The molecule has 0 radical (unpaired) electrons. The Labute approximate surface area is 92.7 Å². The number of aromatic nitrogens is 1. The van der Waals surface area contributed by atoms with Crippen LogP contribution in [0.3, 0.4) is 0 Å². The summed E-state index contributed by atoms with van der Waals surface area (Å²) in [5.74, 6) is 0. The molecule has 0 saturated carbocycles. The summed E-state index contributed by atoms with van der Waals surface area (Å²) in [4.78, 5) is 4.54. The first kappa shape index (κ1) is 8.97. The van der Waals surface area contributed by atoms with Gasteiger partial charge in [0.25, 0.3) is 0 Å². The monoisotopic (exact) mass is 209 g/mol. The van der Waals surface area contributed by atoms with Crippen LogP contribution in [-0.2, 0) is 0 Å². The van der Waals surface area contributed by atoms with Crippen molar-refractivity contribution in [1.82, 2.24) is 4.98 Å². The Kier molecular flexibility index (Phi) is 1.74. The van der Waals surface area contributed by atoms with E-state index in [0.29, 0.717) is 5.69 Å². The van der Waals surface area contributed by atoms with E-state index in [1.165, 1.54) is 0 Å². The number of nitrogens with zero attached hydrogens (tertiary/aromatic N) is 1. The molecule has 0 aliphatic heterocycles. The number of hydrogen-bond acceptors (Lipinski definition) is 3. The van der Waals surface area contributed by atoms with Gasteiger partial charge in [0, 0.05) is 16.5 Å². The maximum absolute atomic E-state index is 6.13. The minimum atomic E-state index is 0.705. The standard InChI is InChI=1S/C13H11N3/c14-8-5-6-12-10(7-8)13(15)9-3-1-2-4-11(9)16-12/h1-7H,14H2,(H2,15,16). The Bertz CT molecular complexity index is 689. The van der Waals surface area contributed by atoms with Crippen LogP contribution in [-0.4, -0.2) is 4.98 Å². The lowest BCUT2D eigenvalue weighted by atomic mass is 10.1. The van der Waals surface area contributed by atoms with E-state index in [4.69, 9.17) is 11.5 Å². The van der Waals surface area contributed by atoms with Crippen LogP contribution in [0, 0.1) is 0 Å². The molecule has 0 saturated heterocycles. The molecule has 0 bridgehead atoms. The topological polar surface area (TPSA) is 64.9 Å². The van der Waals surface area contributed by atoms with Crippen molar-refractivity contribution < 1.29 is 0 Å². The van der Waals surface area contributed by atoms with Crippen LogP contribution < -0.4 is 11.5 Å². The highest BCUT2D eigenvalue weighted by molar-refractivity contribution is 6.06. The quantitative estimate of drug-likeness (QED) is 0.441. The minimum Gasteiger partial charge on any atom is -0.399 e. The summed E-state index contributed by atoms with van der Waals surface area (Å²) in [7, 11) is 0. The first-order chi connectivity index (χ1) is 7.75. The molecule has 0 unspecified atom stereocenters. The van der Waals surface area contributed by atoms with Crippen LogP contribution in [0.25, 0.3) is 21.8 Å². The van der Waals surface area contributed by atoms with Gasteiger partial charge >= 0.3 is 0 Å². The van der Waals surface area contributed by atoms with Gasteiger partial charge in [-0.3, -0.25) is 0 Å². The summed E-state index contributed by atoms with van der Waals surface area (Å²) >= 11 is 0. The van der Waals surface area contributed by atoms with Crippen molar-refractivity contribution >= 4 is 33.2 Å². The second kappa shape index (κ2) is 3.10. The number of pyridine rings is 1. The number of anilines is 2.